The first-order chi connectivity index (χ1) is 24.3. The Morgan fingerprint density at radius 3 is 1.98 bits per heavy atom. The molecule has 51 heavy (non-hydrogen) atoms. The van der Waals surface area contributed by atoms with Crippen molar-refractivity contribution in [2.24, 2.45) is 11.5 Å². The second-order valence-electron chi connectivity index (χ2n) is 12.6. The van der Waals surface area contributed by atoms with E-state index in [2.05, 4.69) is 26.6 Å². The second-order valence-corrected chi connectivity index (χ2v) is 12.6. The first kappa shape index (κ1) is 40.4. The Balaban J connectivity index is 2.06. The smallest absolute Gasteiger partial charge is 0.245 e. The lowest BCUT2D eigenvalue weighted by molar-refractivity contribution is -0.143. The molecule has 2 aromatic rings. The van der Waals surface area contributed by atoms with E-state index >= 15 is 0 Å². The van der Waals surface area contributed by atoms with Gasteiger partial charge in [0, 0.05) is 19.9 Å². The highest BCUT2D eigenvalue weighted by Crippen LogP contribution is 2.14. The van der Waals surface area contributed by atoms with E-state index in [1.165, 1.54) is 26.1 Å². The van der Waals surface area contributed by atoms with Crippen molar-refractivity contribution in [3.63, 3.8) is 0 Å². The fourth-order valence-corrected chi connectivity index (χ4v) is 5.67. The number of nitrogens with two attached hydrogens (primary N) is 2. The molecule has 1 saturated heterocycles. The molecule has 2 aromatic carbocycles. The molecule has 6 atom stereocenters. The number of nitrogens with zero attached hydrogens (tertiary/aromatic N) is 1. The first-order valence-corrected chi connectivity index (χ1v) is 17.0. The number of hydrogen-bond acceptors (Lipinski definition) is 10. The quantitative estimate of drug-likeness (QED) is 0.115. The minimum atomic E-state index is -1.52. The number of carbonyl (C=O) groups excluding carboxylic acids is 6. The van der Waals surface area contributed by atoms with Crippen LogP contribution in [-0.2, 0) is 41.6 Å². The highest BCUT2D eigenvalue weighted by atomic mass is 16.3. The number of aliphatic hydroxyl groups excluding tert-OH is 1. The van der Waals surface area contributed by atoms with Crippen LogP contribution in [0.2, 0.25) is 0 Å². The number of hydrogen-bond donors (Lipinski definition) is 9. The molecule has 11 N–H and O–H groups in total. The van der Waals surface area contributed by atoms with Gasteiger partial charge in [0.25, 0.3) is 0 Å². The fourth-order valence-electron chi connectivity index (χ4n) is 5.67. The molecule has 0 bridgehead atoms. The van der Waals surface area contributed by atoms with E-state index in [1.54, 1.807) is 42.5 Å². The van der Waals surface area contributed by atoms with Crippen LogP contribution >= 0.6 is 0 Å². The first-order valence-electron chi connectivity index (χ1n) is 17.0. The minimum Gasteiger partial charge on any atom is -0.508 e. The zero-order valence-corrected chi connectivity index (χ0v) is 29.0. The summed E-state index contributed by atoms with van der Waals surface area (Å²) in [5.41, 5.74) is 12.7. The summed E-state index contributed by atoms with van der Waals surface area (Å²) in [6.45, 7) is 1.06. The number of benzene rings is 2. The van der Waals surface area contributed by atoms with E-state index in [1.807, 2.05) is 0 Å². The van der Waals surface area contributed by atoms with Crippen LogP contribution in [0.4, 0.5) is 0 Å². The molecule has 16 heteroatoms. The average Bonchev–Trinajstić information content (AvgIpc) is 3.10. The summed E-state index contributed by atoms with van der Waals surface area (Å²) in [7, 11) is 1.38. The lowest BCUT2D eigenvalue weighted by atomic mass is 10.0. The van der Waals surface area contributed by atoms with Crippen LogP contribution in [0, 0.1) is 0 Å². The van der Waals surface area contributed by atoms with Crippen molar-refractivity contribution in [1.82, 2.24) is 31.5 Å². The van der Waals surface area contributed by atoms with Crippen LogP contribution in [0.1, 0.15) is 43.7 Å². The molecule has 3 rings (SSSR count). The Kier molecular flexibility index (Phi) is 15.8. The molecular weight excluding hydrogens is 660 g/mol. The number of aromatic hydroxyl groups is 1. The van der Waals surface area contributed by atoms with Crippen LogP contribution in [-0.4, -0.2) is 114 Å². The summed E-state index contributed by atoms with van der Waals surface area (Å²) < 4.78 is 0. The van der Waals surface area contributed by atoms with Gasteiger partial charge in [0.15, 0.2) is 0 Å². The van der Waals surface area contributed by atoms with Gasteiger partial charge >= 0.3 is 0 Å². The maximum absolute atomic E-state index is 14.1. The van der Waals surface area contributed by atoms with Gasteiger partial charge in [-0.05, 0) is 69.0 Å². The molecule has 0 saturated carbocycles. The Labute approximate surface area is 297 Å². The van der Waals surface area contributed by atoms with Crippen molar-refractivity contribution in [2.45, 2.75) is 81.8 Å². The molecule has 0 radical (unpaired) electrons. The van der Waals surface area contributed by atoms with Crippen molar-refractivity contribution < 1.29 is 39.0 Å². The Hall–Kier alpha value is -5.06. The van der Waals surface area contributed by atoms with Crippen LogP contribution in [0.3, 0.4) is 0 Å². The lowest BCUT2D eigenvalue weighted by Crippen LogP contribution is -2.62. The molecule has 6 unspecified atom stereocenters. The van der Waals surface area contributed by atoms with E-state index in [-0.39, 0.29) is 38.0 Å². The topological polar surface area (TPSA) is 258 Å². The number of phenolic OH excluding ortho intramolecular Hbond substituents is 1. The number of carbonyl (C=O) groups is 6. The summed E-state index contributed by atoms with van der Waals surface area (Å²) in [5.74, 6) is -4.45. The van der Waals surface area contributed by atoms with E-state index in [4.69, 9.17) is 11.5 Å². The Morgan fingerprint density at radius 1 is 0.725 bits per heavy atom. The van der Waals surface area contributed by atoms with Crippen molar-refractivity contribution in [3.05, 3.63) is 65.7 Å². The van der Waals surface area contributed by atoms with Crippen LogP contribution in [0.25, 0.3) is 0 Å². The maximum atomic E-state index is 14.1. The number of unbranched alkanes of at least 4 members (excludes halogenated alkanes) is 1. The van der Waals surface area contributed by atoms with E-state index in [0.717, 1.165) is 4.90 Å². The van der Waals surface area contributed by atoms with Crippen molar-refractivity contribution in [3.8, 4) is 5.75 Å². The number of aliphatic hydroxyl groups is 1. The van der Waals surface area contributed by atoms with Gasteiger partial charge in [-0.2, -0.15) is 0 Å². The SMILES string of the molecule is CC(O)C1NC(=O)C(CCCCN)NC(=O)CNC(=O)C(Cc2ccc(O)cc2)NC(=O)C(CCN)N(C)C(=O)C(Cc2ccccc2)NC1=O. The summed E-state index contributed by atoms with van der Waals surface area (Å²) in [6.07, 6.45) is -0.340. The number of rotatable bonds is 11. The van der Waals surface area contributed by atoms with Gasteiger partial charge in [0.2, 0.25) is 35.4 Å². The standard InChI is InChI=1S/C35H50N8O8/c1-21(44)30-34(50)41-27(19-22-8-4-3-5-9-22)35(51)43(2)28(15-17-37)33(49)40-26(18-23-11-13-24(45)14-12-23)31(47)38-20-29(46)39-25(32(48)42-30)10-6-7-16-36/h3-5,8-9,11-14,21,25-28,30,44-45H,6-7,10,15-20,36-37H2,1-2H3,(H,38,47)(H,39,46)(H,40,49)(H,41,50)(H,42,48). The van der Waals surface area contributed by atoms with Gasteiger partial charge in [0.1, 0.15) is 36.0 Å². The predicted molar refractivity (Wildman–Crippen MR) is 188 cm³/mol. The molecule has 1 heterocycles. The molecular formula is C35H50N8O8. The van der Waals surface area contributed by atoms with Crippen molar-refractivity contribution in [2.75, 3.05) is 26.7 Å². The summed E-state index contributed by atoms with van der Waals surface area (Å²) >= 11 is 0. The molecule has 0 aliphatic carbocycles. The summed E-state index contributed by atoms with van der Waals surface area (Å²) in [6, 6.07) is 8.44. The monoisotopic (exact) mass is 710 g/mol. The van der Waals surface area contributed by atoms with E-state index in [9.17, 15) is 39.0 Å². The zero-order valence-electron chi connectivity index (χ0n) is 29.0. The highest BCUT2D eigenvalue weighted by molar-refractivity contribution is 5.97. The van der Waals surface area contributed by atoms with Gasteiger partial charge < -0.3 is 53.2 Å². The predicted octanol–water partition coefficient (Wildman–Crippen LogP) is -2.07. The molecule has 6 amide bonds. The molecule has 1 aliphatic rings. The van der Waals surface area contributed by atoms with Crippen LogP contribution in [0.5, 0.6) is 5.75 Å². The fraction of sp³-hybridized carbons (Fsp3) is 0.486. The van der Waals surface area contributed by atoms with Crippen molar-refractivity contribution in [1.29, 1.82) is 0 Å². The van der Waals surface area contributed by atoms with Gasteiger partial charge in [-0.3, -0.25) is 28.8 Å². The Bertz CT molecular complexity index is 1490. The van der Waals surface area contributed by atoms with Gasteiger partial charge in [-0.1, -0.05) is 42.5 Å². The molecule has 278 valence electrons. The molecule has 0 spiro atoms. The van der Waals surface area contributed by atoms with Crippen LogP contribution in [0.15, 0.2) is 54.6 Å². The molecule has 0 aromatic heterocycles. The highest BCUT2D eigenvalue weighted by Gasteiger charge is 2.37. The third-order valence-corrected chi connectivity index (χ3v) is 8.55. The normalized spacial score (nSPS) is 23.5. The number of likely N-dealkylation sites (N-methyl/N-ethyl adjacent to an activating group) is 1. The Morgan fingerprint density at radius 2 is 1.35 bits per heavy atom. The zero-order chi connectivity index (χ0) is 37.5. The summed E-state index contributed by atoms with van der Waals surface area (Å²) in [4.78, 5) is 82.9. The average molecular weight is 711 g/mol. The maximum Gasteiger partial charge on any atom is 0.245 e. The minimum absolute atomic E-state index is 0.00117. The van der Waals surface area contributed by atoms with Gasteiger partial charge in [-0.15, -0.1) is 0 Å². The largest absolute Gasteiger partial charge is 0.508 e. The lowest BCUT2D eigenvalue weighted by Gasteiger charge is -2.33. The molecule has 1 aliphatic heterocycles. The van der Waals surface area contributed by atoms with Gasteiger partial charge in [0.05, 0.1) is 12.6 Å². The number of nitrogens with one attached hydrogen (secondary N) is 5. The van der Waals surface area contributed by atoms with Crippen LogP contribution < -0.4 is 38.1 Å². The second kappa shape index (κ2) is 20.0. The van der Waals surface area contributed by atoms with E-state index < -0.39 is 78.3 Å². The van der Waals surface area contributed by atoms with Crippen molar-refractivity contribution >= 4 is 35.4 Å². The third-order valence-electron chi connectivity index (χ3n) is 8.55. The number of phenols is 1. The summed E-state index contributed by atoms with van der Waals surface area (Å²) in [5, 5.41) is 33.2. The third kappa shape index (κ3) is 12.3. The molecule has 16 nitrogen and oxygen atoms in total. The number of amides is 6. The van der Waals surface area contributed by atoms with E-state index in [0.29, 0.717) is 30.5 Å². The molecule has 1 fully saturated rings. The van der Waals surface area contributed by atoms with Gasteiger partial charge in [-0.25, -0.2) is 0 Å².